The van der Waals surface area contributed by atoms with Crippen molar-refractivity contribution in [1.29, 1.82) is 0 Å². The monoisotopic (exact) mass is 473 g/mol. The van der Waals surface area contributed by atoms with Gasteiger partial charge in [-0.25, -0.2) is 4.98 Å². The van der Waals surface area contributed by atoms with Crippen LogP contribution in [0.1, 0.15) is 28.6 Å². The summed E-state index contributed by atoms with van der Waals surface area (Å²) in [6, 6.07) is 34.6. The number of nitrogens with zero attached hydrogens (tertiary/aromatic N) is 5. The Balaban J connectivity index is 1.31. The normalized spacial score (nSPS) is 14.6. The molecule has 1 aliphatic heterocycles. The fraction of sp³-hybridized carbons (Fsp3) is 0.226. The van der Waals surface area contributed by atoms with Gasteiger partial charge in [0.15, 0.2) is 5.65 Å². The van der Waals surface area contributed by atoms with Gasteiger partial charge in [-0.05, 0) is 30.5 Å². The van der Waals surface area contributed by atoms with Crippen molar-refractivity contribution in [2.24, 2.45) is 0 Å². The van der Waals surface area contributed by atoms with Gasteiger partial charge in [-0.15, -0.1) is 0 Å². The first-order valence-corrected chi connectivity index (χ1v) is 12.7. The highest BCUT2D eigenvalue weighted by Gasteiger charge is 2.28. The van der Waals surface area contributed by atoms with Crippen molar-refractivity contribution in [3.8, 4) is 11.1 Å². The van der Waals surface area contributed by atoms with E-state index in [1.165, 1.54) is 11.1 Å². The Morgan fingerprint density at radius 2 is 1.25 bits per heavy atom. The van der Waals surface area contributed by atoms with E-state index in [4.69, 9.17) is 10.1 Å². The zero-order valence-electron chi connectivity index (χ0n) is 20.9. The number of benzene rings is 3. The number of hydrogen-bond acceptors (Lipinski definition) is 4. The Labute approximate surface area is 212 Å². The second-order valence-electron chi connectivity index (χ2n) is 9.56. The second kappa shape index (κ2) is 9.59. The van der Waals surface area contributed by atoms with Gasteiger partial charge in [-0.3, -0.25) is 4.90 Å². The molecule has 1 aliphatic rings. The molecule has 36 heavy (non-hydrogen) atoms. The summed E-state index contributed by atoms with van der Waals surface area (Å²) >= 11 is 0. The first-order chi connectivity index (χ1) is 17.7. The van der Waals surface area contributed by atoms with Crippen LogP contribution in [-0.4, -0.2) is 45.7 Å². The van der Waals surface area contributed by atoms with Gasteiger partial charge in [0.2, 0.25) is 0 Å². The second-order valence-corrected chi connectivity index (χ2v) is 9.56. The van der Waals surface area contributed by atoms with Crippen LogP contribution >= 0.6 is 0 Å². The van der Waals surface area contributed by atoms with Gasteiger partial charge < -0.3 is 4.90 Å². The predicted octanol–water partition coefficient (Wildman–Crippen LogP) is 5.92. The Morgan fingerprint density at radius 1 is 0.694 bits per heavy atom. The van der Waals surface area contributed by atoms with E-state index in [1.807, 2.05) is 10.6 Å². The molecule has 1 fully saturated rings. The molecule has 2 aromatic heterocycles. The van der Waals surface area contributed by atoms with Crippen molar-refractivity contribution < 1.29 is 0 Å². The van der Waals surface area contributed by atoms with E-state index in [2.05, 4.69) is 115 Å². The molecule has 0 N–H and O–H groups in total. The zero-order chi connectivity index (χ0) is 24.5. The molecule has 0 saturated carbocycles. The summed E-state index contributed by atoms with van der Waals surface area (Å²) in [6.07, 6.45) is 0. The van der Waals surface area contributed by atoms with Crippen molar-refractivity contribution in [2.75, 3.05) is 31.1 Å². The van der Waals surface area contributed by atoms with E-state index >= 15 is 0 Å². The SMILES string of the molecule is Cc1cc(N2CCN(C(c3ccccc3)c3ccccc3)CC2)n2nc(C)c(-c3ccccc3)c2n1. The van der Waals surface area contributed by atoms with Crippen LogP contribution in [0.3, 0.4) is 0 Å². The van der Waals surface area contributed by atoms with Gasteiger partial charge in [0.25, 0.3) is 0 Å². The molecule has 5 heteroatoms. The fourth-order valence-corrected chi connectivity index (χ4v) is 5.49. The van der Waals surface area contributed by atoms with Crippen LogP contribution in [0.25, 0.3) is 16.8 Å². The molecule has 0 spiro atoms. The summed E-state index contributed by atoms with van der Waals surface area (Å²) in [5, 5.41) is 4.95. The summed E-state index contributed by atoms with van der Waals surface area (Å²) in [5.41, 5.74) is 7.92. The number of aryl methyl sites for hydroxylation is 2. The minimum Gasteiger partial charge on any atom is -0.354 e. The Kier molecular flexibility index (Phi) is 5.99. The first-order valence-electron chi connectivity index (χ1n) is 12.7. The highest BCUT2D eigenvalue weighted by molar-refractivity contribution is 5.81. The number of rotatable bonds is 5. The van der Waals surface area contributed by atoms with E-state index in [9.17, 15) is 0 Å². The molecule has 180 valence electrons. The molecule has 0 aliphatic carbocycles. The first kappa shape index (κ1) is 22.5. The minimum absolute atomic E-state index is 0.255. The molecule has 5 nitrogen and oxygen atoms in total. The maximum Gasteiger partial charge on any atom is 0.165 e. The third-order valence-corrected chi connectivity index (χ3v) is 7.17. The molecule has 3 aromatic carbocycles. The zero-order valence-corrected chi connectivity index (χ0v) is 20.9. The largest absolute Gasteiger partial charge is 0.354 e. The van der Waals surface area contributed by atoms with Crippen LogP contribution in [-0.2, 0) is 0 Å². The van der Waals surface area contributed by atoms with Crippen LogP contribution in [0.15, 0.2) is 97.1 Å². The quantitative estimate of drug-likeness (QED) is 0.317. The standard InChI is InChI=1S/C31H31N5/c1-23-22-28(36-31(32-23)29(24(2)33-36)25-12-6-3-7-13-25)34-18-20-35(21-19-34)30(26-14-8-4-9-15-26)27-16-10-5-11-17-27/h3-17,22,30H,18-21H2,1-2H3. The van der Waals surface area contributed by atoms with Crippen molar-refractivity contribution >= 4 is 11.5 Å². The lowest BCUT2D eigenvalue weighted by atomic mass is 9.96. The highest BCUT2D eigenvalue weighted by Crippen LogP contribution is 2.33. The number of aromatic nitrogens is 3. The van der Waals surface area contributed by atoms with Crippen molar-refractivity contribution in [1.82, 2.24) is 19.5 Å². The lowest BCUT2D eigenvalue weighted by molar-refractivity contribution is 0.211. The molecule has 3 heterocycles. The molecule has 1 saturated heterocycles. The summed E-state index contributed by atoms with van der Waals surface area (Å²) < 4.78 is 2.05. The average Bonchev–Trinajstić information content (AvgIpc) is 3.26. The third kappa shape index (κ3) is 4.16. The number of fused-ring (bicyclic) bond motifs is 1. The summed E-state index contributed by atoms with van der Waals surface area (Å²) in [6.45, 7) is 7.99. The number of piperazine rings is 1. The van der Waals surface area contributed by atoms with Gasteiger partial charge in [-0.1, -0.05) is 91.0 Å². The molecule has 6 rings (SSSR count). The Hall–Kier alpha value is -3.96. The van der Waals surface area contributed by atoms with Crippen molar-refractivity contribution in [2.45, 2.75) is 19.9 Å². The minimum atomic E-state index is 0.255. The predicted molar refractivity (Wildman–Crippen MR) is 146 cm³/mol. The Morgan fingerprint density at radius 3 is 1.83 bits per heavy atom. The molecule has 0 unspecified atom stereocenters. The molecule has 0 atom stereocenters. The fourth-order valence-electron chi connectivity index (χ4n) is 5.49. The van der Waals surface area contributed by atoms with Crippen LogP contribution in [0.4, 0.5) is 5.82 Å². The maximum absolute atomic E-state index is 4.95. The molecule has 0 radical (unpaired) electrons. The summed E-state index contributed by atoms with van der Waals surface area (Å²) in [4.78, 5) is 9.99. The maximum atomic E-state index is 4.95. The topological polar surface area (TPSA) is 36.7 Å². The number of anilines is 1. The number of hydrogen-bond donors (Lipinski definition) is 0. The molecule has 5 aromatic rings. The van der Waals surface area contributed by atoms with E-state index < -0.39 is 0 Å². The molecular formula is C31H31N5. The summed E-state index contributed by atoms with van der Waals surface area (Å²) in [5.74, 6) is 1.12. The smallest absolute Gasteiger partial charge is 0.165 e. The van der Waals surface area contributed by atoms with Gasteiger partial charge >= 0.3 is 0 Å². The van der Waals surface area contributed by atoms with Gasteiger partial charge in [-0.2, -0.15) is 9.61 Å². The lowest BCUT2D eigenvalue weighted by Gasteiger charge is -2.40. The Bertz CT molecular complexity index is 1410. The van der Waals surface area contributed by atoms with Crippen LogP contribution in [0.2, 0.25) is 0 Å². The van der Waals surface area contributed by atoms with E-state index in [1.54, 1.807) is 0 Å². The van der Waals surface area contributed by atoms with Gasteiger partial charge in [0.1, 0.15) is 5.82 Å². The molecule has 0 bridgehead atoms. The van der Waals surface area contributed by atoms with Crippen LogP contribution in [0, 0.1) is 13.8 Å². The van der Waals surface area contributed by atoms with E-state index in [-0.39, 0.29) is 6.04 Å². The van der Waals surface area contributed by atoms with Gasteiger partial charge in [0.05, 0.1) is 11.7 Å². The summed E-state index contributed by atoms with van der Waals surface area (Å²) in [7, 11) is 0. The van der Waals surface area contributed by atoms with Gasteiger partial charge in [0, 0.05) is 43.5 Å². The third-order valence-electron chi connectivity index (χ3n) is 7.17. The average molecular weight is 474 g/mol. The van der Waals surface area contributed by atoms with E-state index in [0.717, 1.165) is 60.2 Å². The van der Waals surface area contributed by atoms with Crippen LogP contribution < -0.4 is 4.90 Å². The highest BCUT2D eigenvalue weighted by atomic mass is 15.4. The van der Waals surface area contributed by atoms with Crippen LogP contribution in [0.5, 0.6) is 0 Å². The van der Waals surface area contributed by atoms with E-state index in [0.29, 0.717) is 0 Å². The lowest BCUT2D eigenvalue weighted by Crippen LogP contribution is -2.48. The van der Waals surface area contributed by atoms with Crippen molar-refractivity contribution in [3.05, 3.63) is 120 Å². The van der Waals surface area contributed by atoms with Crippen molar-refractivity contribution in [3.63, 3.8) is 0 Å². The molecular weight excluding hydrogens is 442 g/mol. The molecule has 0 amide bonds.